The second-order valence-electron chi connectivity index (χ2n) is 9.35. The van der Waals surface area contributed by atoms with E-state index in [1.54, 1.807) is 30.6 Å². The monoisotopic (exact) mass is 486 g/mol. The van der Waals surface area contributed by atoms with Gasteiger partial charge in [0.25, 0.3) is 0 Å². The van der Waals surface area contributed by atoms with Crippen molar-refractivity contribution in [2.24, 2.45) is 7.05 Å². The Morgan fingerprint density at radius 3 is 2.47 bits per heavy atom. The van der Waals surface area contributed by atoms with Gasteiger partial charge in [0.2, 0.25) is 15.9 Å². The molecule has 0 unspecified atom stereocenters. The average Bonchev–Trinajstić information content (AvgIpc) is 3.13. The lowest BCUT2D eigenvalue weighted by Crippen LogP contribution is -2.40. The fourth-order valence-electron chi connectivity index (χ4n) is 3.78. The van der Waals surface area contributed by atoms with E-state index in [0.29, 0.717) is 55.6 Å². The average molecular weight is 487 g/mol. The summed E-state index contributed by atoms with van der Waals surface area (Å²) in [5.74, 6) is 1.24. The summed E-state index contributed by atoms with van der Waals surface area (Å²) in [6.07, 6.45) is 3.84. The largest absolute Gasteiger partial charge is 0.379 e. The van der Waals surface area contributed by atoms with E-state index in [0.717, 1.165) is 5.52 Å². The molecule has 1 N–H and O–H groups in total. The highest BCUT2D eigenvalue weighted by atomic mass is 32.2. The lowest BCUT2D eigenvalue weighted by atomic mass is 9.96. The standard InChI is InChI=1S/C23H30N6O4S/c1-23(2,3)22-24-14-16(15-25-22)26-21(30)8-7-20-27-18-13-17(5-6-19(18)28(20)4)34(31,32)29-9-11-33-12-10-29/h5-6,13-15H,7-12H2,1-4H3,(H,26,30). The Balaban J connectivity index is 1.44. The highest BCUT2D eigenvalue weighted by Gasteiger charge is 2.27. The van der Waals surface area contributed by atoms with Crippen LogP contribution < -0.4 is 5.32 Å². The van der Waals surface area contributed by atoms with E-state index in [1.165, 1.54) is 4.31 Å². The molecule has 1 amide bonds. The Bertz CT molecular complexity index is 1290. The van der Waals surface area contributed by atoms with Crippen LogP contribution in [0.4, 0.5) is 5.69 Å². The number of hydrogen-bond acceptors (Lipinski definition) is 7. The van der Waals surface area contributed by atoms with Crippen LogP contribution in [0.15, 0.2) is 35.5 Å². The molecule has 0 bridgehead atoms. The van der Waals surface area contributed by atoms with Gasteiger partial charge in [0, 0.05) is 38.4 Å². The predicted molar refractivity (Wildman–Crippen MR) is 128 cm³/mol. The number of aryl methyl sites for hydroxylation is 2. The summed E-state index contributed by atoms with van der Waals surface area (Å²) < 4.78 is 34.5. The third-order valence-electron chi connectivity index (χ3n) is 5.73. The summed E-state index contributed by atoms with van der Waals surface area (Å²) >= 11 is 0. The highest BCUT2D eigenvalue weighted by molar-refractivity contribution is 7.89. The first-order valence-corrected chi connectivity index (χ1v) is 12.7. The number of ether oxygens (including phenoxy) is 1. The van der Waals surface area contributed by atoms with Gasteiger partial charge in [-0.25, -0.2) is 23.4 Å². The van der Waals surface area contributed by atoms with E-state index in [2.05, 4.69) is 20.3 Å². The Labute approximate surface area is 199 Å². The lowest BCUT2D eigenvalue weighted by Gasteiger charge is -2.26. The van der Waals surface area contributed by atoms with Crippen molar-refractivity contribution < 1.29 is 17.9 Å². The molecule has 1 aliphatic rings. The van der Waals surface area contributed by atoms with Gasteiger partial charge < -0.3 is 14.6 Å². The zero-order chi connectivity index (χ0) is 24.5. The molecule has 11 heteroatoms. The highest BCUT2D eigenvalue weighted by Crippen LogP contribution is 2.24. The van der Waals surface area contributed by atoms with E-state index in [-0.39, 0.29) is 22.6 Å². The molecule has 1 saturated heterocycles. The van der Waals surface area contributed by atoms with Gasteiger partial charge in [0.1, 0.15) is 11.6 Å². The number of carbonyl (C=O) groups excluding carboxylic acids is 1. The lowest BCUT2D eigenvalue weighted by molar-refractivity contribution is -0.116. The van der Waals surface area contributed by atoms with Crippen LogP contribution in [0.25, 0.3) is 11.0 Å². The molecule has 1 fully saturated rings. The normalized spacial score (nSPS) is 15.5. The van der Waals surface area contributed by atoms with Gasteiger partial charge in [-0.15, -0.1) is 0 Å². The van der Waals surface area contributed by atoms with Crippen LogP contribution in [0, 0.1) is 0 Å². The molecule has 0 radical (unpaired) electrons. The van der Waals surface area contributed by atoms with Crippen molar-refractivity contribution in [1.82, 2.24) is 23.8 Å². The number of aromatic nitrogens is 4. The summed E-state index contributed by atoms with van der Waals surface area (Å²) in [5.41, 5.74) is 1.77. The van der Waals surface area contributed by atoms with E-state index in [9.17, 15) is 13.2 Å². The van der Waals surface area contributed by atoms with Crippen molar-refractivity contribution in [3.63, 3.8) is 0 Å². The number of morpholine rings is 1. The van der Waals surface area contributed by atoms with Crippen molar-refractivity contribution >= 4 is 32.7 Å². The molecule has 1 aromatic carbocycles. The van der Waals surface area contributed by atoms with Gasteiger partial charge >= 0.3 is 0 Å². The van der Waals surface area contributed by atoms with Crippen LogP contribution in [0.2, 0.25) is 0 Å². The second kappa shape index (κ2) is 9.40. The maximum atomic E-state index is 13.0. The van der Waals surface area contributed by atoms with Gasteiger partial charge in [0.15, 0.2) is 0 Å². The number of carbonyl (C=O) groups is 1. The minimum absolute atomic E-state index is 0.163. The van der Waals surface area contributed by atoms with Crippen LogP contribution in [0.5, 0.6) is 0 Å². The number of rotatable bonds is 6. The molecule has 4 rings (SSSR count). The molecule has 3 aromatic rings. The molecular weight excluding hydrogens is 456 g/mol. The van der Waals surface area contributed by atoms with E-state index in [1.807, 2.05) is 32.4 Å². The minimum Gasteiger partial charge on any atom is -0.379 e. The third kappa shape index (κ3) is 5.11. The van der Waals surface area contributed by atoms with Crippen LogP contribution in [-0.4, -0.2) is 64.5 Å². The Kier molecular flexibility index (Phi) is 6.70. The SMILES string of the molecule is Cn1c(CCC(=O)Nc2cnc(C(C)(C)C)nc2)nc2cc(S(=O)(=O)N3CCOCC3)ccc21. The molecule has 0 aliphatic carbocycles. The van der Waals surface area contributed by atoms with Crippen LogP contribution in [-0.2, 0) is 38.4 Å². The molecule has 2 aromatic heterocycles. The fourth-order valence-corrected chi connectivity index (χ4v) is 5.21. The molecule has 3 heterocycles. The van der Waals surface area contributed by atoms with Crippen molar-refractivity contribution in [3.8, 4) is 0 Å². The number of nitrogens with one attached hydrogen (secondary N) is 1. The van der Waals surface area contributed by atoms with Crippen LogP contribution in [0.1, 0.15) is 38.8 Å². The number of benzene rings is 1. The first-order valence-electron chi connectivity index (χ1n) is 11.2. The van der Waals surface area contributed by atoms with E-state index < -0.39 is 10.0 Å². The zero-order valence-electron chi connectivity index (χ0n) is 19.9. The maximum absolute atomic E-state index is 13.0. The molecule has 0 spiro atoms. The number of amides is 1. The summed E-state index contributed by atoms with van der Waals surface area (Å²) in [4.78, 5) is 25.9. The number of nitrogens with zero attached hydrogens (tertiary/aromatic N) is 5. The molecule has 0 saturated carbocycles. The van der Waals surface area contributed by atoms with Gasteiger partial charge in [-0.1, -0.05) is 20.8 Å². The number of fused-ring (bicyclic) bond motifs is 1. The predicted octanol–water partition coefficient (Wildman–Crippen LogP) is 2.25. The second-order valence-corrected chi connectivity index (χ2v) is 11.3. The summed E-state index contributed by atoms with van der Waals surface area (Å²) in [7, 11) is -1.74. The molecule has 10 nitrogen and oxygen atoms in total. The summed E-state index contributed by atoms with van der Waals surface area (Å²) in [6, 6.07) is 4.96. The topological polar surface area (TPSA) is 119 Å². The first kappa shape index (κ1) is 24.2. The first-order chi connectivity index (χ1) is 16.1. The summed E-state index contributed by atoms with van der Waals surface area (Å²) in [5, 5.41) is 2.81. The van der Waals surface area contributed by atoms with Gasteiger partial charge in [-0.2, -0.15) is 4.31 Å². The molecule has 34 heavy (non-hydrogen) atoms. The maximum Gasteiger partial charge on any atom is 0.243 e. The zero-order valence-corrected chi connectivity index (χ0v) is 20.7. The van der Waals surface area contributed by atoms with Crippen LogP contribution >= 0.6 is 0 Å². The van der Waals surface area contributed by atoms with E-state index >= 15 is 0 Å². The van der Waals surface area contributed by atoms with Crippen molar-refractivity contribution in [3.05, 3.63) is 42.2 Å². The number of hydrogen-bond donors (Lipinski definition) is 1. The van der Waals surface area contributed by atoms with Gasteiger partial charge in [-0.05, 0) is 18.2 Å². The molecular formula is C23H30N6O4S. The molecule has 0 atom stereocenters. The fraction of sp³-hybridized carbons (Fsp3) is 0.478. The quantitative estimate of drug-likeness (QED) is 0.567. The number of sulfonamides is 1. The van der Waals surface area contributed by atoms with Crippen molar-refractivity contribution in [1.29, 1.82) is 0 Å². The van der Waals surface area contributed by atoms with Crippen LogP contribution in [0.3, 0.4) is 0 Å². The van der Waals surface area contributed by atoms with Gasteiger partial charge in [-0.3, -0.25) is 4.79 Å². The number of anilines is 1. The minimum atomic E-state index is -3.60. The van der Waals surface area contributed by atoms with E-state index in [4.69, 9.17) is 4.74 Å². The molecule has 182 valence electrons. The van der Waals surface area contributed by atoms with Gasteiger partial charge in [0.05, 0.1) is 47.2 Å². The summed E-state index contributed by atoms with van der Waals surface area (Å²) in [6.45, 7) is 7.55. The Morgan fingerprint density at radius 2 is 1.82 bits per heavy atom. The van der Waals surface area contributed by atoms with Crippen molar-refractivity contribution in [2.45, 2.75) is 43.9 Å². The molecule has 1 aliphatic heterocycles. The van der Waals surface area contributed by atoms with Crippen molar-refractivity contribution in [2.75, 3.05) is 31.6 Å². The smallest absolute Gasteiger partial charge is 0.243 e. The Hall–Kier alpha value is -2.89. The number of imidazole rings is 1. The Morgan fingerprint density at radius 1 is 1.15 bits per heavy atom. The third-order valence-corrected chi connectivity index (χ3v) is 7.63.